The van der Waals surface area contributed by atoms with E-state index in [1.165, 1.54) is 38.6 Å². The van der Waals surface area contributed by atoms with E-state index < -0.39 is 0 Å². The third-order valence-corrected chi connectivity index (χ3v) is 10.5. The number of nitriles is 1. The Balaban J connectivity index is 1.11. The van der Waals surface area contributed by atoms with Crippen molar-refractivity contribution >= 4 is 10.8 Å². The molecule has 0 atom stereocenters. The van der Waals surface area contributed by atoms with Gasteiger partial charge in [0.05, 0.1) is 23.0 Å². The van der Waals surface area contributed by atoms with Gasteiger partial charge in [-0.2, -0.15) is 5.26 Å². The summed E-state index contributed by atoms with van der Waals surface area (Å²) in [7, 11) is 0. The van der Waals surface area contributed by atoms with Gasteiger partial charge in [-0.25, -0.2) is 9.97 Å². The fourth-order valence-electron chi connectivity index (χ4n) is 7.95. The monoisotopic (exact) mass is 685 g/mol. The Morgan fingerprint density at radius 2 is 0.741 bits per heavy atom. The summed E-state index contributed by atoms with van der Waals surface area (Å²) in [5.74, 6) is 0.698. The zero-order valence-electron chi connectivity index (χ0n) is 29.2. The lowest BCUT2D eigenvalue weighted by Gasteiger charge is -2.16. The maximum Gasteiger partial charge on any atom is 0.160 e. The molecule has 0 spiro atoms. The van der Waals surface area contributed by atoms with E-state index in [1.807, 2.05) is 48.5 Å². The summed E-state index contributed by atoms with van der Waals surface area (Å²) < 4.78 is 0. The molecule has 0 radical (unpaired) electrons. The minimum absolute atomic E-state index is 0.655. The summed E-state index contributed by atoms with van der Waals surface area (Å²) in [5, 5.41) is 12.0. The highest BCUT2D eigenvalue weighted by molar-refractivity contribution is 6.22. The van der Waals surface area contributed by atoms with Gasteiger partial charge in [0.2, 0.25) is 0 Å². The van der Waals surface area contributed by atoms with Crippen LogP contribution in [0.15, 0.2) is 188 Å². The van der Waals surface area contributed by atoms with Crippen LogP contribution in [0.2, 0.25) is 0 Å². The Kier molecular flexibility index (Phi) is 7.53. The molecule has 250 valence electrons. The van der Waals surface area contributed by atoms with Crippen LogP contribution in [0, 0.1) is 11.3 Å². The smallest absolute Gasteiger partial charge is 0.160 e. The van der Waals surface area contributed by atoms with Gasteiger partial charge >= 0.3 is 0 Å². The maximum atomic E-state index is 9.49. The van der Waals surface area contributed by atoms with E-state index in [0.717, 1.165) is 55.9 Å². The van der Waals surface area contributed by atoms with E-state index in [1.54, 1.807) is 0 Å². The van der Waals surface area contributed by atoms with Crippen molar-refractivity contribution in [1.29, 1.82) is 5.26 Å². The van der Waals surface area contributed by atoms with Gasteiger partial charge in [-0.15, -0.1) is 0 Å². The Bertz CT molecular complexity index is 2820. The average molecular weight is 686 g/mol. The van der Waals surface area contributed by atoms with E-state index in [-0.39, 0.29) is 0 Å². The fourth-order valence-corrected chi connectivity index (χ4v) is 7.95. The second-order valence-corrected chi connectivity index (χ2v) is 13.6. The fraction of sp³-hybridized carbons (Fsp3) is 0. The molecule has 0 saturated heterocycles. The molecule has 0 unspecified atom stereocenters. The van der Waals surface area contributed by atoms with Gasteiger partial charge in [0.15, 0.2) is 5.82 Å². The van der Waals surface area contributed by atoms with Crippen LogP contribution < -0.4 is 0 Å². The zero-order chi connectivity index (χ0) is 36.0. The van der Waals surface area contributed by atoms with Crippen molar-refractivity contribution < 1.29 is 0 Å². The van der Waals surface area contributed by atoms with Crippen LogP contribution in [0.3, 0.4) is 0 Å². The lowest BCUT2D eigenvalue weighted by atomic mass is 9.87. The van der Waals surface area contributed by atoms with Crippen molar-refractivity contribution in [1.82, 2.24) is 9.97 Å². The normalized spacial score (nSPS) is 11.3. The van der Waals surface area contributed by atoms with Crippen LogP contribution >= 0.6 is 0 Å². The molecule has 3 nitrogen and oxygen atoms in total. The van der Waals surface area contributed by atoms with Crippen LogP contribution in [0.5, 0.6) is 0 Å². The number of fused-ring (bicyclic) bond motifs is 3. The molecular formula is C51H31N3. The third kappa shape index (κ3) is 5.29. The van der Waals surface area contributed by atoms with Crippen molar-refractivity contribution in [3.05, 3.63) is 194 Å². The summed E-state index contributed by atoms with van der Waals surface area (Å²) in [6.45, 7) is 0. The molecule has 0 fully saturated rings. The molecular weight excluding hydrogens is 655 g/mol. The van der Waals surface area contributed by atoms with Gasteiger partial charge in [-0.05, 0) is 84.6 Å². The van der Waals surface area contributed by atoms with E-state index in [9.17, 15) is 5.26 Å². The molecule has 1 aliphatic carbocycles. The molecule has 0 saturated carbocycles. The van der Waals surface area contributed by atoms with E-state index >= 15 is 0 Å². The van der Waals surface area contributed by atoms with Crippen molar-refractivity contribution in [2.24, 2.45) is 0 Å². The number of hydrogen-bond acceptors (Lipinski definition) is 3. The third-order valence-electron chi connectivity index (χ3n) is 10.5. The second-order valence-electron chi connectivity index (χ2n) is 13.6. The van der Waals surface area contributed by atoms with Gasteiger partial charge in [0, 0.05) is 16.7 Å². The predicted molar refractivity (Wildman–Crippen MR) is 221 cm³/mol. The molecule has 0 bridgehead atoms. The van der Waals surface area contributed by atoms with Crippen LogP contribution in [0.1, 0.15) is 5.56 Å². The summed E-state index contributed by atoms with van der Waals surface area (Å²) in [6, 6.07) is 68.0. The highest BCUT2D eigenvalue weighted by Gasteiger charge is 2.25. The number of rotatable bonds is 6. The van der Waals surface area contributed by atoms with Gasteiger partial charge in [-0.3, -0.25) is 0 Å². The summed E-state index contributed by atoms with van der Waals surface area (Å²) in [4.78, 5) is 10.2. The molecule has 0 aliphatic heterocycles. The largest absolute Gasteiger partial charge is 0.228 e. The number of hydrogen-bond donors (Lipinski definition) is 0. The molecule has 0 N–H and O–H groups in total. The maximum absolute atomic E-state index is 9.49. The quantitative estimate of drug-likeness (QED) is 0.175. The number of benzene rings is 8. The predicted octanol–water partition coefficient (Wildman–Crippen LogP) is 13.2. The van der Waals surface area contributed by atoms with E-state index in [4.69, 9.17) is 9.97 Å². The first kappa shape index (κ1) is 31.3. The van der Waals surface area contributed by atoms with Crippen molar-refractivity contribution in [2.45, 2.75) is 0 Å². The van der Waals surface area contributed by atoms with Crippen LogP contribution in [-0.2, 0) is 0 Å². The molecule has 3 heteroatoms. The molecule has 0 amide bonds. The molecule has 1 aliphatic rings. The highest BCUT2D eigenvalue weighted by atomic mass is 14.9. The lowest BCUT2D eigenvalue weighted by Crippen LogP contribution is -1.97. The molecule has 1 heterocycles. The molecule has 54 heavy (non-hydrogen) atoms. The van der Waals surface area contributed by atoms with Crippen LogP contribution in [0.4, 0.5) is 0 Å². The van der Waals surface area contributed by atoms with Gasteiger partial charge < -0.3 is 0 Å². The lowest BCUT2D eigenvalue weighted by molar-refractivity contribution is 1.18. The minimum Gasteiger partial charge on any atom is -0.228 e. The molecule has 10 rings (SSSR count). The first-order valence-electron chi connectivity index (χ1n) is 18.1. The van der Waals surface area contributed by atoms with Crippen molar-refractivity contribution in [3.8, 4) is 95.6 Å². The standard InChI is InChI=1S/C51H31N3/c52-32-33-19-21-35(22-20-33)40-27-29-45-42-16-8-9-17-43(42)46-30-28-41(49(40)50(45)46)36-25-23-34(24-26-36)39-15-7-10-18-44(39)48-31-47(37-11-3-1-4-12-37)53-51(54-48)38-13-5-2-6-14-38/h1-31H. The SMILES string of the molecule is N#Cc1ccc(-c2ccc3c4c(ccc(-c5ccc(-c6ccccc6-c6cc(-c7ccccc7)nc(-c7ccccc7)n6)cc5)c24)-c2ccccc2-3)cc1. The second kappa shape index (κ2) is 13.0. The Morgan fingerprint density at radius 3 is 1.31 bits per heavy atom. The first-order chi connectivity index (χ1) is 26.7. The molecule has 9 aromatic rings. The Hall–Kier alpha value is -7.41. The highest BCUT2D eigenvalue weighted by Crippen LogP contribution is 2.52. The van der Waals surface area contributed by atoms with Gasteiger partial charge in [0.1, 0.15) is 0 Å². The molecule has 1 aromatic heterocycles. The van der Waals surface area contributed by atoms with Crippen molar-refractivity contribution in [3.63, 3.8) is 0 Å². The Labute approximate surface area is 314 Å². The zero-order valence-corrected chi connectivity index (χ0v) is 29.2. The van der Waals surface area contributed by atoms with Gasteiger partial charge in [0.25, 0.3) is 0 Å². The van der Waals surface area contributed by atoms with E-state index in [0.29, 0.717) is 11.4 Å². The topological polar surface area (TPSA) is 49.6 Å². The van der Waals surface area contributed by atoms with E-state index in [2.05, 4.69) is 146 Å². The summed E-state index contributed by atoms with van der Waals surface area (Å²) >= 11 is 0. The molecule has 8 aromatic carbocycles. The summed E-state index contributed by atoms with van der Waals surface area (Å²) in [5.41, 5.74) is 17.3. The average Bonchev–Trinajstić information content (AvgIpc) is 3.59. The number of aromatic nitrogens is 2. The summed E-state index contributed by atoms with van der Waals surface area (Å²) in [6.07, 6.45) is 0. The van der Waals surface area contributed by atoms with Crippen molar-refractivity contribution in [2.75, 3.05) is 0 Å². The van der Waals surface area contributed by atoms with Gasteiger partial charge in [-0.1, -0.05) is 170 Å². The minimum atomic E-state index is 0.655. The van der Waals surface area contributed by atoms with Crippen LogP contribution in [0.25, 0.3) is 100 Å². The number of nitrogens with zero attached hydrogens (tertiary/aromatic N) is 3. The first-order valence-corrected chi connectivity index (χ1v) is 18.1. The Morgan fingerprint density at radius 1 is 0.315 bits per heavy atom. The van der Waals surface area contributed by atoms with Crippen LogP contribution in [-0.4, -0.2) is 9.97 Å².